The molecule has 1 fully saturated rings. The van der Waals surface area contributed by atoms with Gasteiger partial charge < -0.3 is 21.5 Å². The van der Waals surface area contributed by atoms with Crippen LogP contribution in [0.2, 0.25) is 0 Å². The first-order chi connectivity index (χ1) is 8.09. The number of carbonyl (C=O) groups is 2. The molecule has 1 amide bonds. The third-order valence-electron chi connectivity index (χ3n) is 2.96. The Kier molecular flexibility index (Phi) is 5.93. The average Bonchev–Trinajstić information content (AvgIpc) is 2.34. The summed E-state index contributed by atoms with van der Waals surface area (Å²) in [5.74, 6) is -1.19. The molecule has 0 aliphatic carbocycles. The minimum atomic E-state index is -1.06. The van der Waals surface area contributed by atoms with Crippen molar-refractivity contribution in [3.05, 3.63) is 0 Å². The van der Waals surface area contributed by atoms with Crippen molar-refractivity contribution in [2.45, 2.75) is 44.2 Å². The van der Waals surface area contributed by atoms with E-state index in [1.165, 1.54) is 12.8 Å². The van der Waals surface area contributed by atoms with Gasteiger partial charge in [-0.05, 0) is 25.8 Å². The SMILES string of the molecule is NC(CCC(=O)NCC1CCCCN1)C(=O)O. The molecule has 98 valence electrons. The third-order valence-corrected chi connectivity index (χ3v) is 2.96. The van der Waals surface area contributed by atoms with Gasteiger partial charge in [-0.3, -0.25) is 9.59 Å². The largest absolute Gasteiger partial charge is 0.480 e. The van der Waals surface area contributed by atoms with Crippen LogP contribution in [0.3, 0.4) is 0 Å². The van der Waals surface area contributed by atoms with Crippen LogP contribution >= 0.6 is 0 Å². The van der Waals surface area contributed by atoms with Crippen molar-refractivity contribution in [3.8, 4) is 0 Å². The van der Waals surface area contributed by atoms with Crippen molar-refractivity contribution in [2.75, 3.05) is 13.1 Å². The second-order valence-electron chi connectivity index (χ2n) is 4.43. The highest BCUT2D eigenvalue weighted by atomic mass is 16.4. The van der Waals surface area contributed by atoms with Gasteiger partial charge >= 0.3 is 5.97 Å². The molecule has 1 rings (SSSR count). The zero-order valence-corrected chi connectivity index (χ0v) is 9.95. The predicted molar refractivity (Wildman–Crippen MR) is 63.5 cm³/mol. The molecule has 0 bridgehead atoms. The molecule has 2 unspecified atom stereocenters. The van der Waals surface area contributed by atoms with Crippen molar-refractivity contribution in [2.24, 2.45) is 5.73 Å². The van der Waals surface area contributed by atoms with E-state index in [0.717, 1.165) is 13.0 Å². The highest BCUT2D eigenvalue weighted by Crippen LogP contribution is 2.05. The van der Waals surface area contributed by atoms with Crippen LogP contribution in [0.5, 0.6) is 0 Å². The maximum absolute atomic E-state index is 11.4. The van der Waals surface area contributed by atoms with Crippen molar-refractivity contribution < 1.29 is 14.7 Å². The molecule has 5 N–H and O–H groups in total. The number of hydrogen-bond donors (Lipinski definition) is 4. The zero-order chi connectivity index (χ0) is 12.7. The second kappa shape index (κ2) is 7.24. The summed E-state index contributed by atoms with van der Waals surface area (Å²) in [5.41, 5.74) is 5.31. The van der Waals surface area contributed by atoms with Gasteiger partial charge in [0.25, 0.3) is 0 Å². The molecule has 0 saturated carbocycles. The van der Waals surface area contributed by atoms with E-state index < -0.39 is 12.0 Å². The number of hydrogen-bond acceptors (Lipinski definition) is 4. The van der Waals surface area contributed by atoms with Gasteiger partial charge in [-0.25, -0.2) is 0 Å². The lowest BCUT2D eigenvalue weighted by atomic mass is 10.1. The van der Waals surface area contributed by atoms with Crippen LogP contribution in [0, 0.1) is 0 Å². The molecule has 0 spiro atoms. The normalized spacial score (nSPS) is 21.8. The number of nitrogens with two attached hydrogens (primary N) is 1. The lowest BCUT2D eigenvalue weighted by Crippen LogP contribution is -2.43. The van der Waals surface area contributed by atoms with Crippen molar-refractivity contribution in [1.82, 2.24) is 10.6 Å². The van der Waals surface area contributed by atoms with Gasteiger partial charge in [0.1, 0.15) is 6.04 Å². The van der Waals surface area contributed by atoms with E-state index in [2.05, 4.69) is 10.6 Å². The van der Waals surface area contributed by atoms with E-state index in [-0.39, 0.29) is 18.7 Å². The Morgan fingerprint density at radius 2 is 2.24 bits per heavy atom. The molecule has 2 atom stereocenters. The summed E-state index contributed by atoms with van der Waals surface area (Å²) in [5, 5.41) is 14.7. The molecule has 1 saturated heterocycles. The quantitative estimate of drug-likeness (QED) is 0.500. The van der Waals surface area contributed by atoms with E-state index in [9.17, 15) is 9.59 Å². The summed E-state index contributed by atoms with van der Waals surface area (Å²) < 4.78 is 0. The van der Waals surface area contributed by atoms with E-state index in [0.29, 0.717) is 12.6 Å². The Morgan fingerprint density at radius 3 is 2.82 bits per heavy atom. The lowest BCUT2D eigenvalue weighted by Gasteiger charge is -2.23. The van der Waals surface area contributed by atoms with E-state index in [1.54, 1.807) is 0 Å². The van der Waals surface area contributed by atoms with E-state index >= 15 is 0 Å². The van der Waals surface area contributed by atoms with Crippen LogP contribution in [0.4, 0.5) is 0 Å². The van der Waals surface area contributed by atoms with Gasteiger partial charge in [-0.1, -0.05) is 6.42 Å². The van der Waals surface area contributed by atoms with Crippen LogP contribution < -0.4 is 16.4 Å². The molecular weight excluding hydrogens is 222 g/mol. The summed E-state index contributed by atoms with van der Waals surface area (Å²) in [6.45, 7) is 1.62. The van der Waals surface area contributed by atoms with Gasteiger partial charge in [0.05, 0.1) is 0 Å². The monoisotopic (exact) mass is 243 g/mol. The fourth-order valence-corrected chi connectivity index (χ4v) is 1.83. The molecule has 1 heterocycles. The number of piperidine rings is 1. The van der Waals surface area contributed by atoms with Crippen LogP contribution in [0.25, 0.3) is 0 Å². The maximum Gasteiger partial charge on any atom is 0.320 e. The zero-order valence-electron chi connectivity index (χ0n) is 9.95. The van der Waals surface area contributed by atoms with Crippen molar-refractivity contribution in [1.29, 1.82) is 0 Å². The second-order valence-corrected chi connectivity index (χ2v) is 4.43. The summed E-state index contributed by atoms with van der Waals surface area (Å²) in [7, 11) is 0. The predicted octanol–water partition coefficient (Wildman–Crippen LogP) is -0.563. The minimum Gasteiger partial charge on any atom is -0.480 e. The Labute approximate surface area is 101 Å². The fraction of sp³-hybridized carbons (Fsp3) is 0.818. The van der Waals surface area contributed by atoms with Crippen LogP contribution in [-0.2, 0) is 9.59 Å². The first kappa shape index (κ1) is 13.9. The average molecular weight is 243 g/mol. The lowest BCUT2D eigenvalue weighted by molar-refractivity contribution is -0.138. The molecule has 1 aliphatic heterocycles. The highest BCUT2D eigenvalue weighted by Gasteiger charge is 2.15. The topological polar surface area (TPSA) is 104 Å². The van der Waals surface area contributed by atoms with Gasteiger partial charge in [0.15, 0.2) is 0 Å². The molecular formula is C11H21N3O3. The smallest absolute Gasteiger partial charge is 0.320 e. The van der Waals surface area contributed by atoms with Crippen molar-refractivity contribution >= 4 is 11.9 Å². The van der Waals surface area contributed by atoms with E-state index in [1.807, 2.05) is 0 Å². The minimum absolute atomic E-state index is 0.130. The standard InChI is InChI=1S/C11H21N3O3/c12-9(11(16)17)4-5-10(15)14-7-8-3-1-2-6-13-8/h8-9,13H,1-7,12H2,(H,14,15)(H,16,17). The summed E-state index contributed by atoms with van der Waals surface area (Å²) >= 11 is 0. The molecule has 6 heteroatoms. The Hall–Kier alpha value is -1.14. The summed E-state index contributed by atoms with van der Waals surface area (Å²) in [4.78, 5) is 21.9. The molecule has 0 radical (unpaired) electrons. The molecule has 17 heavy (non-hydrogen) atoms. The number of aliphatic carboxylic acids is 1. The van der Waals surface area contributed by atoms with Crippen molar-refractivity contribution in [3.63, 3.8) is 0 Å². The van der Waals surface area contributed by atoms with Crippen LogP contribution in [0.1, 0.15) is 32.1 Å². The van der Waals surface area contributed by atoms with Crippen LogP contribution in [0.15, 0.2) is 0 Å². The number of carboxylic acid groups (broad SMARTS) is 1. The Morgan fingerprint density at radius 1 is 1.47 bits per heavy atom. The summed E-state index contributed by atoms with van der Waals surface area (Å²) in [6.07, 6.45) is 3.81. The van der Waals surface area contributed by atoms with Gasteiger partial charge in [-0.15, -0.1) is 0 Å². The number of amides is 1. The van der Waals surface area contributed by atoms with Gasteiger partial charge in [-0.2, -0.15) is 0 Å². The van der Waals surface area contributed by atoms with Gasteiger partial charge in [0, 0.05) is 19.0 Å². The summed E-state index contributed by atoms with van der Waals surface area (Å²) in [6, 6.07) is -0.602. The molecule has 6 nitrogen and oxygen atoms in total. The fourth-order valence-electron chi connectivity index (χ4n) is 1.83. The first-order valence-corrected chi connectivity index (χ1v) is 6.08. The molecule has 0 aromatic carbocycles. The Bertz CT molecular complexity index is 265. The molecule has 1 aliphatic rings. The first-order valence-electron chi connectivity index (χ1n) is 6.08. The third kappa shape index (κ3) is 5.65. The number of rotatable bonds is 6. The molecule has 0 aromatic rings. The van der Waals surface area contributed by atoms with Crippen LogP contribution in [-0.4, -0.2) is 42.2 Å². The number of carbonyl (C=O) groups excluding carboxylic acids is 1. The number of nitrogens with one attached hydrogen (secondary N) is 2. The van der Waals surface area contributed by atoms with Gasteiger partial charge in [0.2, 0.25) is 5.91 Å². The molecule has 0 aromatic heterocycles. The highest BCUT2D eigenvalue weighted by molar-refractivity contribution is 5.78. The van der Waals surface area contributed by atoms with E-state index in [4.69, 9.17) is 10.8 Å². The maximum atomic E-state index is 11.4. The number of carboxylic acids is 1. The Balaban J connectivity index is 2.10.